The van der Waals surface area contributed by atoms with Crippen molar-refractivity contribution in [1.29, 1.82) is 0 Å². The van der Waals surface area contributed by atoms with Gasteiger partial charge in [0.15, 0.2) is 5.82 Å². The van der Waals surface area contributed by atoms with E-state index in [0.717, 1.165) is 12.4 Å². The first-order chi connectivity index (χ1) is 5.61. The molecule has 0 aliphatic heterocycles. The summed E-state index contributed by atoms with van der Waals surface area (Å²) in [5.74, 6) is -2.28. The molecule has 0 radical (unpaired) electrons. The van der Waals surface area contributed by atoms with Crippen LogP contribution in [0, 0.1) is 5.82 Å². The second-order valence-electron chi connectivity index (χ2n) is 2.32. The smallest absolute Gasteiger partial charge is 0.313 e. The van der Waals surface area contributed by atoms with E-state index in [1.165, 1.54) is 6.92 Å². The lowest BCUT2D eigenvalue weighted by Crippen LogP contribution is -2.11. The minimum atomic E-state index is -1.03. The van der Waals surface area contributed by atoms with Crippen LogP contribution < -0.4 is 0 Å². The molecule has 4 nitrogen and oxygen atoms in total. The first-order valence-electron chi connectivity index (χ1n) is 3.31. The van der Waals surface area contributed by atoms with Gasteiger partial charge in [0.2, 0.25) is 0 Å². The number of nitrogens with zero attached hydrogens (tertiary/aromatic N) is 2. The zero-order valence-electron chi connectivity index (χ0n) is 6.36. The quantitative estimate of drug-likeness (QED) is 0.713. The lowest BCUT2D eigenvalue weighted by atomic mass is 10.2. The summed E-state index contributed by atoms with van der Waals surface area (Å²) in [5.41, 5.74) is 0. The van der Waals surface area contributed by atoms with Gasteiger partial charge in [-0.25, -0.2) is 14.4 Å². The van der Waals surface area contributed by atoms with E-state index >= 15 is 0 Å². The number of carboxylic acids is 1. The third-order valence-electron chi connectivity index (χ3n) is 1.40. The highest BCUT2D eigenvalue weighted by Crippen LogP contribution is 2.08. The van der Waals surface area contributed by atoms with Crippen molar-refractivity contribution in [2.24, 2.45) is 0 Å². The maximum Gasteiger partial charge on any atom is 0.313 e. The summed E-state index contributed by atoms with van der Waals surface area (Å²) >= 11 is 0. The van der Waals surface area contributed by atoms with Crippen molar-refractivity contribution in [3.8, 4) is 0 Å². The second-order valence-corrected chi connectivity index (χ2v) is 2.32. The summed E-state index contributed by atoms with van der Waals surface area (Å²) in [7, 11) is 0. The maximum atomic E-state index is 12.3. The van der Waals surface area contributed by atoms with Crippen LogP contribution >= 0.6 is 0 Å². The molecule has 1 aromatic rings. The van der Waals surface area contributed by atoms with E-state index in [0.29, 0.717) is 0 Å². The van der Waals surface area contributed by atoms with Crippen molar-refractivity contribution < 1.29 is 14.3 Å². The molecule has 0 spiro atoms. The predicted octanol–water partition coefficient (Wildman–Crippen LogP) is 0.804. The lowest BCUT2D eigenvalue weighted by molar-refractivity contribution is -0.138. The highest BCUT2D eigenvalue weighted by atomic mass is 19.1. The molecular weight excluding hydrogens is 163 g/mol. The number of rotatable bonds is 2. The molecule has 1 atom stereocenters. The minimum Gasteiger partial charge on any atom is -0.481 e. The van der Waals surface area contributed by atoms with Crippen molar-refractivity contribution in [2.45, 2.75) is 12.8 Å². The van der Waals surface area contributed by atoms with Crippen LogP contribution in [0.5, 0.6) is 0 Å². The SMILES string of the molecule is CC(C(=O)O)c1ncc(F)cn1. The molecule has 0 fully saturated rings. The Balaban J connectivity index is 2.89. The van der Waals surface area contributed by atoms with Crippen LogP contribution in [0.15, 0.2) is 12.4 Å². The Hall–Kier alpha value is -1.52. The van der Waals surface area contributed by atoms with Crippen LogP contribution in [0.1, 0.15) is 18.7 Å². The summed E-state index contributed by atoms with van der Waals surface area (Å²) in [6.07, 6.45) is 1.89. The molecule has 0 aromatic carbocycles. The maximum absolute atomic E-state index is 12.3. The van der Waals surface area contributed by atoms with Gasteiger partial charge in [-0.1, -0.05) is 0 Å². The number of halogens is 1. The zero-order chi connectivity index (χ0) is 9.14. The normalized spacial score (nSPS) is 12.5. The average Bonchev–Trinajstić information content (AvgIpc) is 2.04. The van der Waals surface area contributed by atoms with E-state index in [1.54, 1.807) is 0 Å². The van der Waals surface area contributed by atoms with Gasteiger partial charge in [0, 0.05) is 0 Å². The van der Waals surface area contributed by atoms with Crippen LogP contribution in [0.25, 0.3) is 0 Å². The van der Waals surface area contributed by atoms with E-state index in [1.807, 2.05) is 0 Å². The minimum absolute atomic E-state index is 0.115. The monoisotopic (exact) mass is 170 g/mol. The number of aromatic nitrogens is 2. The van der Waals surface area contributed by atoms with Gasteiger partial charge in [0.25, 0.3) is 0 Å². The molecule has 0 amide bonds. The average molecular weight is 170 g/mol. The molecule has 12 heavy (non-hydrogen) atoms. The van der Waals surface area contributed by atoms with Gasteiger partial charge >= 0.3 is 5.97 Å². The number of hydrogen-bond donors (Lipinski definition) is 1. The first-order valence-corrected chi connectivity index (χ1v) is 3.31. The Labute approximate surface area is 68.1 Å². The largest absolute Gasteiger partial charge is 0.481 e. The van der Waals surface area contributed by atoms with Crippen LogP contribution in [-0.2, 0) is 4.79 Å². The Morgan fingerprint density at radius 2 is 2.08 bits per heavy atom. The standard InChI is InChI=1S/C7H7FN2O2/c1-4(7(11)12)6-9-2-5(8)3-10-6/h2-4H,1H3,(H,11,12). The molecule has 0 saturated carbocycles. The summed E-state index contributed by atoms with van der Waals surface area (Å²) < 4.78 is 12.3. The van der Waals surface area contributed by atoms with Crippen LogP contribution in [-0.4, -0.2) is 21.0 Å². The topological polar surface area (TPSA) is 63.1 Å². The van der Waals surface area contributed by atoms with Gasteiger partial charge in [0.1, 0.15) is 11.7 Å². The number of carboxylic acid groups (broad SMARTS) is 1. The highest BCUT2D eigenvalue weighted by Gasteiger charge is 2.15. The van der Waals surface area contributed by atoms with E-state index in [4.69, 9.17) is 5.11 Å². The third kappa shape index (κ3) is 1.75. The molecule has 1 heterocycles. The van der Waals surface area contributed by atoms with Gasteiger partial charge in [-0.2, -0.15) is 0 Å². The van der Waals surface area contributed by atoms with E-state index in [-0.39, 0.29) is 5.82 Å². The molecule has 1 rings (SSSR count). The highest BCUT2D eigenvalue weighted by molar-refractivity contribution is 5.74. The molecule has 0 aliphatic carbocycles. The first kappa shape index (κ1) is 8.58. The molecule has 0 saturated heterocycles. The number of aliphatic carboxylic acids is 1. The predicted molar refractivity (Wildman–Crippen MR) is 38.0 cm³/mol. The third-order valence-corrected chi connectivity index (χ3v) is 1.40. The Kier molecular flexibility index (Phi) is 2.32. The van der Waals surface area contributed by atoms with Gasteiger partial charge < -0.3 is 5.11 Å². The molecule has 1 N–H and O–H groups in total. The summed E-state index contributed by atoms with van der Waals surface area (Å²) in [6, 6.07) is 0. The van der Waals surface area contributed by atoms with Gasteiger partial charge in [-0.05, 0) is 6.92 Å². The Morgan fingerprint density at radius 1 is 1.58 bits per heavy atom. The van der Waals surface area contributed by atoms with Crippen molar-refractivity contribution in [3.63, 3.8) is 0 Å². The fraction of sp³-hybridized carbons (Fsp3) is 0.286. The second kappa shape index (κ2) is 3.25. The van der Waals surface area contributed by atoms with Crippen LogP contribution in [0.4, 0.5) is 4.39 Å². The van der Waals surface area contributed by atoms with Gasteiger partial charge in [-0.3, -0.25) is 4.79 Å². The zero-order valence-corrected chi connectivity index (χ0v) is 6.36. The molecule has 0 bridgehead atoms. The van der Waals surface area contributed by atoms with Crippen LogP contribution in [0.3, 0.4) is 0 Å². The number of hydrogen-bond acceptors (Lipinski definition) is 3. The summed E-state index contributed by atoms with van der Waals surface area (Å²) in [5, 5.41) is 8.53. The van der Waals surface area contributed by atoms with Gasteiger partial charge in [0.05, 0.1) is 12.4 Å². The molecule has 5 heteroatoms. The van der Waals surface area contributed by atoms with Crippen molar-refractivity contribution in [3.05, 3.63) is 24.0 Å². The van der Waals surface area contributed by atoms with Gasteiger partial charge in [-0.15, -0.1) is 0 Å². The fourth-order valence-electron chi connectivity index (χ4n) is 0.656. The fourth-order valence-corrected chi connectivity index (χ4v) is 0.656. The number of carbonyl (C=O) groups is 1. The lowest BCUT2D eigenvalue weighted by Gasteiger charge is -2.02. The van der Waals surface area contributed by atoms with Crippen molar-refractivity contribution >= 4 is 5.97 Å². The van der Waals surface area contributed by atoms with E-state index in [2.05, 4.69) is 9.97 Å². The van der Waals surface area contributed by atoms with E-state index in [9.17, 15) is 9.18 Å². The Morgan fingerprint density at radius 3 is 2.50 bits per heavy atom. The van der Waals surface area contributed by atoms with Crippen molar-refractivity contribution in [2.75, 3.05) is 0 Å². The molecule has 0 aliphatic rings. The van der Waals surface area contributed by atoms with Crippen molar-refractivity contribution in [1.82, 2.24) is 9.97 Å². The summed E-state index contributed by atoms with van der Waals surface area (Å²) in [4.78, 5) is 17.5. The molecule has 64 valence electrons. The Bertz CT molecular complexity index is 286. The molecular formula is C7H7FN2O2. The van der Waals surface area contributed by atoms with E-state index < -0.39 is 17.7 Å². The summed E-state index contributed by atoms with van der Waals surface area (Å²) in [6.45, 7) is 1.44. The van der Waals surface area contributed by atoms with Crippen LogP contribution in [0.2, 0.25) is 0 Å². The molecule has 1 aromatic heterocycles. The molecule has 1 unspecified atom stereocenters.